The first-order chi connectivity index (χ1) is 10.2. The van der Waals surface area contributed by atoms with Gasteiger partial charge in [-0.15, -0.1) is 0 Å². The second-order valence-electron chi connectivity index (χ2n) is 5.49. The first-order valence-corrected chi connectivity index (χ1v) is 9.16. The lowest BCUT2D eigenvalue weighted by Gasteiger charge is -2.00. The molecule has 2 aromatic rings. The van der Waals surface area contributed by atoms with E-state index in [1.54, 1.807) is 0 Å². The molecule has 0 fully saturated rings. The number of unbranched alkanes of at least 4 members (excludes halogenated alkanes) is 6. The van der Waals surface area contributed by atoms with Crippen LogP contribution >= 0.6 is 0 Å². The van der Waals surface area contributed by atoms with Crippen LogP contribution in [-0.2, 0) is 10.8 Å². The Labute approximate surface area is 129 Å². The van der Waals surface area contributed by atoms with Gasteiger partial charge < -0.3 is 10.7 Å². The van der Waals surface area contributed by atoms with E-state index < -0.39 is 10.8 Å². The van der Waals surface area contributed by atoms with E-state index >= 15 is 0 Å². The summed E-state index contributed by atoms with van der Waals surface area (Å²) in [7, 11) is -1.04. The van der Waals surface area contributed by atoms with E-state index in [4.69, 9.17) is 5.73 Å². The van der Waals surface area contributed by atoms with Gasteiger partial charge in [0.1, 0.15) is 0 Å². The number of nitrogen functional groups attached to an aromatic ring is 1. The number of benzene rings is 1. The van der Waals surface area contributed by atoms with Crippen molar-refractivity contribution in [2.75, 3.05) is 11.5 Å². The summed E-state index contributed by atoms with van der Waals surface area (Å²) in [6, 6.07) is 5.50. The molecule has 0 amide bonds. The fourth-order valence-electron chi connectivity index (χ4n) is 2.40. The number of aromatic amines is 1. The van der Waals surface area contributed by atoms with E-state index in [0.29, 0.717) is 16.6 Å². The summed E-state index contributed by atoms with van der Waals surface area (Å²) in [6.07, 6.45) is 8.62. The molecule has 0 aliphatic rings. The molecule has 0 radical (unpaired) electrons. The molecule has 0 aliphatic carbocycles. The van der Waals surface area contributed by atoms with Crippen molar-refractivity contribution in [2.45, 2.75) is 57.0 Å². The van der Waals surface area contributed by atoms with Crippen molar-refractivity contribution in [3.05, 3.63) is 18.2 Å². The Morgan fingerprint density at radius 2 is 1.86 bits per heavy atom. The zero-order valence-electron chi connectivity index (χ0n) is 12.7. The van der Waals surface area contributed by atoms with Crippen LogP contribution in [0, 0.1) is 0 Å². The predicted octanol–water partition coefficient (Wildman–Crippen LogP) is 4.00. The number of hydrogen-bond donors (Lipinski definition) is 2. The number of anilines is 1. The number of fused-ring (bicyclic) bond motifs is 1. The summed E-state index contributed by atoms with van der Waals surface area (Å²) in [5.41, 5.74) is 8.11. The minimum absolute atomic E-state index is 0.571. The van der Waals surface area contributed by atoms with Crippen LogP contribution < -0.4 is 5.73 Å². The molecular formula is C16H25N3OS. The van der Waals surface area contributed by atoms with Crippen molar-refractivity contribution in [2.24, 2.45) is 0 Å². The molecule has 4 nitrogen and oxygen atoms in total. The molecular weight excluding hydrogens is 282 g/mol. The van der Waals surface area contributed by atoms with Gasteiger partial charge in [0.2, 0.25) is 0 Å². The SMILES string of the molecule is CCCCCCCCCS(=O)c1nc2ccc(N)cc2[nH]1. The second kappa shape index (κ2) is 8.17. The maximum absolute atomic E-state index is 12.2. The number of nitrogens with one attached hydrogen (secondary N) is 1. The topological polar surface area (TPSA) is 71.8 Å². The molecule has 0 bridgehead atoms. The van der Waals surface area contributed by atoms with Crippen LogP contribution in [0.15, 0.2) is 23.4 Å². The van der Waals surface area contributed by atoms with Crippen molar-refractivity contribution in [3.8, 4) is 0 Å². The van der Waals surface area contributed by atoms with Gasteiger partial charge in [-0.2, -0.15) is 0 Å². The summed E-state index contributed by atoms with van der Waals surface area (Å²) < 4.78 is 12.2. The number of nitrogens with zero attached hydrogens (tertiary/aromatic N) is 1. The molecule has 116 valence electrons. The zero-order chi connectivity index (χ0) is 15.1. The number of hydrogen-bond acceptors (Lipinski definition) is 3. The number of imidazole rings is 1. The molecule has 1 atom stereocenters. The minimum atomic E-state index is -1.04. The van der Waals surface area contributed by atoms with Crippen LogP contribution in [0.3, 0.4) is 0 Å². The predicted molar refractivity (Wildman–Crippen MR) is 89.8 cm³/mol. The van der Waals surface area contributed by atoms with Crippen LogP contribution in [-0.4, -0.2) is 19.9 Å². The molecule has 1 heterocycles. The van der Waals surface area contributed by atoms with Crippen molar-refractivity contribution in [3.63, 3.8) is 0 Å². The van der Waals surface area contributed by atoms with Crippen LogP contribution in [0.4, 0.5) is 5.69 Å². The summed E-state index contributed by atoms with van der Waals surface area (Å²) in [5.74, 6) is 0.684. The molecule has 1 aromatic carbocycles. The Morgan fingerprint density at radius 3 is 2.62 bits per heavy atom. The molecule has 1 aromatic heterocycles. The van der Waals surface area contributed by atoms with Crippen molar-refractivity contribution in [1.82, 2.24) is 9.97 Å². The standard InChI is InChI=1S/C16H25N3OS/c1-2-3-4-5-6-7-8-11-21(20)16-18-14-10-9-13(17)12-15(14)19-16/h9-10,12H,2-8,11,17H2,1H3,(H,18,19). The molecule has 1 unspecified atom stereocenters. The third-order valence-electron chi connectivity index (χ3n) is 3.63. The molecule has 0 spiro atoms. The van der Waals surface area contributed by atoms with E-state index in [2.05, 4.69) is 16.9 Å². The summed E-state index contributed by atoms with van der Waals surface area (Å²) in [4.78, 5) is 7.50. The van der Waals surface area contributed by atoms with Gasteiger partial charge >= 0.3 is 0 Å². The quantitative estimate of drug-likeness (QED) is 0.543. The monoisotopic (exact) mass is 307 g/mol. The smallest absolute Gasteiger partial charge is 0.197 e. The molecule has 21 heavy (non-hydrogen) atoms. The lowest BCUT2D eigenvalue weighted by Crippen LogP contribution is -2.00. The van der Waals surface area contributed by atoms with E-state index in [9.17, 15) is 4.21 Å². The number of aromatic nitrogens is 2. The van der Waals surface area contributed by atoms with Gasteiger partial charge in [-0.3, -0.25) is 4.21 Å². The molecule has 0 saturated carbocycles. The van der Waals surface area contributed by atoms with Gasteiger partial charge in [0.15, 0.2) is 5.16 Å². The Morgan fingerprint density at radius 1 is 1.14 bits per heavy atom. The summed E-state index contributed by atoms with van der Waals surface area (Å²) >= 11 is 0. The van der Waals surface area contributed by atoms with Gasteiger partial charge in [-0.05, 0) is 24.6 Å². The van der Waals surface area contributed by atoms with Crippen LogP contribution in [0.2, 0.25) is 0 Å². The lowest BCUT2D eigenvalue weighted by atomic mass is 10.1. The Hall–Kier alpha value is -1.36. The number of H-pyrrole nitrogens is 1. The minimum Gasteiger partial charge on any atom is -0.399 e. The average Bonchev–Trinajstić information content (AvgIpc) is 2.89. The molecule has 0 saturated heterocycles. The third-order valence-corrected chi connectivity index (χ3v) is 4.92. The average molecular weight is 307 g/mol. The van der Waals surface area contributed by atoms with Gasteiger partial charge in [0.05, 0.1) is 21.8 Å². The second-order valence-corrected chi connectivity index (χ2v) is 6.98. The molecule has 0 aliphatic heterocycles. The first kappa shape index (κ1) is 16.0. The van der Waals surface area contributed by atoms with Crippen molar-refractivity contribution >= 4 is 27.5 Å². The summed E-state index contributed by atoms with van der Waals surface area (Å²) in [5, 5.41) is 0.571. The highest BCUT2D eigenvalue weighted by atomic mass is 32.2. The van der Waals surface area contributed by atoms with Gasteiger partial charge in [-0.1, -0.05) is 45.4 Å². The Bertz CT molecular complexity index is 594. The largest absolute Gasteiger partial charge is 0.399 e. The van der Waals surface area contributed by atoms with E-state index in [0.717, 1.165) is 23.9 Å². The van der Waals surface area contributed by atoms with E-state index in [1.165, 1.54) is 32.1 Å². The molecule has 3 N–H and O–H groups in total. The number of rotatable bonds is 9. The van der Waals surface area contributed by atoms with Crippen LogP contribution in [0.5, 0.6) is 0 Å². The fraction of sp³-hybridized carbons (Fsp3) is 0.562. The van der Waals surface area contributed by atoms with Gasteiger partial charge in [-0.25, -0.2) is 4.98 Å². The molecule has 2 rings (SSSR count). The summed E-state index contributed by atoms with van der Waals surface area (Å²) in [6.45, 7) is 2.23. The van der Waals surface area contributed by atoms with E-state index in [-0.39, 0.29) is 0 Å². The maximum Gasteiger partial charge on any atom is 0.197 e. The maximum atomic E-state index is 12.2. The molecule has 5 heteroatoms. The Balaban J connectivity index is 1.77. The van der Waals surface area contributed by atoms with Crippen LogP contribution in [0.1, 0.15) is 51.9 Å². The van der Waals surface area contributed by atoms with Crippen LogP contribution in [0.25, 0.3) is 11.0 Å². The fourth-order valence-corrected chi connectivity index (χ4v) is 3.48. The number of nitrogens with two attached hydrogens (primary N) is 1. The van der Waals surface area contributed by atoms with Crippen molar-refractivity contribution < 1.29 is 4.21 Å². The highest BCUT2D eigenvalue weighted by Crippen LogP contribution is 2.17. The highest BCUT2D eigenvalue weighted by molar-refractivity contribution is 7.84. The lowest BCUT2D eigenvalue weighted by molar-refractivity contribution is 0.600. The van der Waals surface area contributed by atoms with Crippen molar-refractivity contribution in [1.29, 1.82) is 0 Å². The first-order valence-electron chi connectivity index (χ1n) is 7.84. The zero-order valence-corrected chi connectivity index (χ0v) is 13.5. The van der Waals surface area contributed by atoms with Gasteiger partial charge in [0.25, 0.3) is 0 Å². The van der Waals surface area contributed by atoms with E-state index in [1.807, 2.05) is 18.2 Å². The Kier molecular flexibility index (Phi) is 6.23. The highest BCUT2D eigenvalue weighted by Gasteiger charge is 2.09. The van der Waals surface area contributed by atoms with Gasteiger partial charge in [0, 0.05) is 11.4 Å². The third kappa shape index (κ3) is 4.84. The normalized spacial score (nSPS) is 12.8.